The minimum atomic E-state index is -0.138. The number of hydrogen-bond acceptors (Lipinski definition) is 4. The number of amides is 2. The predicted octanol–water partition coefficient (Wildman–Crippen LogP) is 1.86. The van der Waals surface area contributed by atoms with Crippen molar-refractivity contribution in [3.63, 3.8) is 0 Å². The molecule has 24 heavy (non-hydrogen) atoms. The molecular formula is C17H24N4O3. The molecule has 1 N–H and O–H groups in total. The van der Waals surface area contributed by atoms with Crippen LogP contribution >= 0.6 is 0 Å². The molecule has 7 nitrogen and oxygen atoms in total. The Balaban J connectivity index is 1.74. The number of aromatic nitrogens is 2. The maximum Gasteiger partial charge on any atom is 0.318 e. The first kappa shape index (κ1) is 16.6. The number of carbonyl (C=O) groups is 1. The van der Waals surface area contributed by atoms with Gasteiger partial charge in [-0.2, -0.15) is 5.10 Å². The van der Waals surface area contributed by atoms with Crippen LogP contribution < -0.4 is 5.32 Å². The number of carbonyl (C=O) groups excluding carboxylic acids is 1. The SMILES string of the molecule is COCCNC(=O)N(Cc1ccco1)Cc1nn(C)c2c1CCC2. The Morgan fingerprint density at radius 3 is 3.08 bits per heavy atom. The highest BCUT2D eigenvalue weighted by Crippen LogP contribution is 2.26. The Morgan fingerprint density at radius 2 is 2.33 bits per heavy atom. The third kappa shape index (κ3) is 3.62. The summed E-state index contributed by atoms with van der Waals surface area (Å²) < 4.78 is 12.3. The highest BCUT2D eigenvalue weighted by atomic mass is 16.5. The van der Waals surface area contributed by atoms with E-state index in [9.17, 15) is 4.79 Å². The summed E-state index contributed by atoms with van der Waals surface area (Å²) in [6, 6.07) is 3.56. The molecule has 7 heteroatoms. The minimum absolute atomic E-state index is 0.138. The van der Waals surface area contributed by atoms with Crippen LogP contribution in [-0.2, 0) is 37.7 Å². The highest BCUT2D eigenvalue weighted by Gasteiger charge is 2.24. The number of ether oxygens (including phenoxy) is 1. The monoisotopic (exact) mass is 332 g/mol. The van der Waals surface area contributed by atoms with Gasteiger partial charge < -0.3 is 19.4 Å². The van der Waals surface area contributed by atoms with Crippen molar-refractivity contribution in [2.45, 2.75) is 32.4 Å². The van der Waals surface area contributed by atoms with Crippen LogP contribution in [0.1, 0.15) is 29.1 Å². The van der Waals surface area contributed by atoms with Gasteiger partial charge in [0.1, 0.15) is 5.76 Å². The van der Waals surface area contributed by atoms with Gasteiger partial charge in [0.25, 0.3) is 0 Å². The van der Waals surface area contributed by atoms with E-state index in [1.165, 1.54) is 11.3 Å². The van der Waals surface area contributed by atoms with Crippen molar-refractivity contribution in [2.24, 2.45) is 7.05 Å². The number of rotatable bonds is 7. The molecule has 0 unspecified atom stereocenters. The lowest BCUT2D eigenvalue weighted by atomic mass is 10.2. The van der Waals surface area contributed by atoms with Gasteiger partial charge in [0, 0.05) is 26.4 Å². The van der Waals surface area contributed by atoms with Gasteiger partial charge in [-0.3, -0.25) is 4.68 Å². The third-order valence-electron chi connectivity index (χ3n) is 4.34. The molecule has 0 radical (unpaired) electrons. The van der Waals surface area contributed by atoms with Crippen LogP contribution in [0.25, 0.3) is 0 Å². The number of methoxy groups -OCH3 is 1. The van der Waals surface area contributed by atoms with E-state index in [0.717, 1.165) is 30.7 Å². The van der Waals surface area contributed by atoms with Crippen LogP contribution in [0.5, 0.6) is 0 Å². The lowest BCUT2D eigenvalue weighted by Gasteiger charge is -2.21. The van der Waals surface area contributed by atoms with Crippen molar-refractivity contribution < 1.29 is 13.9 Å². The van der Waals surface area contributed by atoms with E-state index >= 15 is 0 Å². The number of hydrogen-bond donors (Lipinski definition) is 1. The Bertz CT molecular complexity index is 678. The first-order valence-corrected chi connectivity index (χ1v) is 8.26. The fourth-order valence-electron chi connectivity index (χ4n) is 3.17. The van der Waals surface area contributed by atoms with Gasteiger partial charge in [0.2, 0.25) is 0 Å². The molecule has 0 aromatic carbocycles. The van der Waals surface area contributed by atoms with E-state index in [1.54, 1.807) is 18.3 Å². The molecule has 0 aliphatic heterocycles. The second kappa shape index (κ2) is 7.53. The third-order valence-corrected chi connectivity index (χ3v) is 4.34. The maximum absolute atomic E-state index is 12.5. The van der Waals surface area contributed by atoms with Gasteiger partial charge >= 0.3 is 6.03 Å². The zero-order chi connectivity index (χ0) is 16.9. The predicted molar refractivity (Wildman–Crippen MR) is 88.5 cm³/mol. The molecule has 2 aromatic heterocycles. The van der Waals surface area contributed by atoms with E-state index in [-0.39, 0.29) is 6.03 Å². The summed E-state index contributed by atoms with van der Waals surface area (Å²) in [6.07, 6.45) is 4.89. The highest BCUT2D eigenvalue weighted by molar-refractivity contribution is 5.74. The second-order valence-electron chi connectivity index (χ2n) is 6.01. The van der Waals surface area contributed by atoms with Gasteiger partial charge in [0.15, 0.2) is 0 Å². The summed E-state index contributed by atoms with van der Waals surface area (Å²) in [5, 5.41) is 7.50. The number of nitrogens with one attached hydrogen (secondary N) is 1. The Morgan fingerprint density at radius 1 is 1.46 bits per heavy atom. The number of nitrogens with zero attached hydrogens (tertiary/aromatic N) is 3. The van der Waals surface area contributed by atoms with E-state index in [2.05, 4.69) is 10.4 Å². The molecule has 2 aromatic rings. The summed E-state index contributed by atoms with van der Waals surface area (Å²) in [6.45, 7) is 1.85. The molecule has 2 amide bonds. The smallest absolute Gasteiger partial charge is 0.318 e. The minimum Gasteiger partial charge on any atom is -0.467 e. The second-order valence-corrected chi connectivity index (χ2v) is 6.01. The summed E-state index contributed by atoms with van der Waals surface area (Å²) in [4.78, 5) is 14.3. The first-order valence-electron chi connectivity index (χ1n) is 8.26. The van der Waals surface area contributed by atoms with E-state index in [4.69, 9.17) is 9.15 Å². The Labute approximate surface area is 141 Å². The van der Waals surface area contributed by atoms with Gasteiger partial charge in [-0.1, -0.05) is 0 Å². The topological polar surface area (TPSA) is 72.5 Å². The van der Waals surface area contributed by atoms with Gasteiger partial charge in [-0.05, 0) is 37.0 Å². The normalized spacial score (nSPS) is 13.1. The van der Waals surface area contributed by atoms with E-state index in [1.807, 2.05) is 23.9 Å². The molecule has 0 fully saturated rings. The van der Waals surface area contributed by atoms with Crippen LogP contribution in [0.4, 0.5) is 4.79 Å². The molecule has 0 saturated heterocycles. The van der Waals surface area contributed by atoms with Crippen molar-refractivity contribution >= 4 is 6.03 Å². The van der Waals surface area contributed by atoms with Crippen LogP contribution in [0.2, 0.25) is 0 Å². The average molecular weight is 332 g/mol. The summed E-state index contributed by atoms with van der Waals surface area (Å²) in [5.74, 6) is 0.754. The molecule has 0 spiro atoms. The van der Waals surface area contributed by atoms with E-state index in [0.29, 0.717) is 26.2 Å². The molecule has 1 aliphatic rings. The molecule has 0 atom stereocenters. The average Bonchev–Trinajstić information content (AvgIpc) is 3.28. The fraction of sp³-hybridized carbons (Fsp3) is 0.529. The molecule has 3 rings (SSSR count). The summed E-state index contributed by atoms with van der Waals surface area (Å²) >= 11 is 0. The number of fused-ring (bicyclic) bond motifs is 1. The number of aryl methyl sites for hydroxylation is 1. The van der Waals surface area contributed by atoms with Crippen LogP contribution in [0, 0.1) is 0 Å². The van der Waals surface area contributed by atoms with Crippen LogP contribution in [0.3, 0.4) is 0 Å². The Kier molecular flexibility index (Phi) is 5.20. The first-order chi connectivity index (χ1) is 11.7. The van der Waals surface area contributed by atoms with Crippen molar-refractivity contribution in [2.75, 3.05) is 20.3 Å². The van der Waals surface area contributed by atoms with Crippen molar-refractivity contribution in [1.82, 2.24) is 20.0 Å². The van der Waals surface area contributed by atoms with Gasteiger partial charge in [0.05, 0.1) is 31.7 Å². The van der Waals surface area contributed by atoms with Crippen molar-refractivity contribution in [3.05, 3.63) is 41.1 Å². The van der Waals surface area contributed by atoms with Crippen molar-refractivity contribution in [3.8, 4) is 0 Å². The standard InChI is InChI=1S/C17H24N4O3/c1-20-16-7-3-6-14(16)15(19-20)12-21(11-13-5-4-9-24-13)17(22)18-8-10-23-2/h4-5,9H,3,6-8,10-12H2,1-2H3,(H,18,22). The number of furan rings is 1. The molecule has 2 heterocycles. The Hall–Kier alpha value is -2.28. The zero-order valence-corrected chi connectivity index (χ0v) is 14.2. The quantitative estimate of drug-likeness (QED) is 0.786. The lowest BCUT2D eigenvalue weighted by Crippen LogP contribution is -2.40. The summed E-state index contributed by atoms with van der Waals surface area (Å²) in [7, 11) is 3.59. The van der Waals surface area contributed by atoms with Gasteiger partial charge in [-0.15, -0.1) is 0 Å². The van der Waals surface area contributed by atoms with E-state index < -0.39 is 0 Å². The zero-order valence-electron chi connectivity index (χ0n) is 14.2. The maximum atomic E-state index is 12.5. The largest absolute Gasteiger partial charge is 0.467 e. The fourth-order valence-corrected chi connectivity index (χ4v) is 3.17. The number of urea groups is 1. The van der Waals surface area contributed by atoms with Gasteiger partial charge in [-0.25, -0.2) is 4.79 Å². The summed E-state index contributed by atoms with van der Waals surface area (Å²) in [5.41, 5.74) is 3.58. The van der Waals surface area contributed by atoms with Crippen LogP contribution in [-0.4, -0.2) is 41.0 Å². The molecule has 0 saturated carbocycles. The van der Waals surface area contributed by atoms with Crippen molar-refractivity contribution in [1.29, 1.82) is 0 Å². The van der Waals surface area contributed by atoms with Crippen LogP contribution in [0.15, 0.2) is 22.8 Å². The lowest BCUT2D eigenvalue weighted by molar-refractivity contribution is 0.172. The molecular weight excluding hydrogens is 308 g/mol. The molecule has 130 valence electrons. The molecule has 1 aliphatic carbocycles. The molecule has 0 bridgehead atoms.